The maximum atomic E-state index is 11.9. The second kappa shape index (κ2) is 10.1. The molecule has 3 N–H and O–H groups in total. The number of aryl methyl sites for hydroxylation is 1. The second-order valence-corrected chi connectivity index (χ2v) is 5.85. The Morgan fingerprint density at radius 1 is 1.00 bits per heavy atom. The van der Waals surface area contributed by atoms with Crippen molar-refractivity contribution in [3.8, 4) is 5.75 Å². The van der Waals surface area contributed by atoms with Gasteiger partial charge in [-0.2, -0.15) is 0 Å². The van der Waals surface area contributed by atoms with Crippen LogP contribution in [0.5, 0.6) is 5.75 Å². The number of hydrogen-bond acceptors (Lipinski definition) is 3. The third kappa shape index (κ3) is 6.84. The molecular formula is C20H25N3O3. The first-order valence-corrected chi connectivity index (χ1v) is 8.71. The number of anilines is 2. The Bertz CT molecular complexity index is 747. The first-order valence-electron chi connectivity index (χ1n) is 8.71. The predicted molar refractivity (Wildman–Crippen MR) is 104 cm³/mol. The highest BCUT2D eigenvalue weighted by atomic mass is 16.5. The molecule has 0 bridgehead atoms. The fourth-order valence-electron chi connectivity index (χ4n) is 2.38. The van der Waals surface area contributed by atoms with Crippen LogP contribution in [0.25, 0.3) is 0 Å². The predicted octanol–water partition coefficient (Wildman–Crippen LogP) is 3.80. The first kappa shape index (κ1) is 19.3. The summed E-state index contributed by atoms with van der Waals surface area (Å²) in [7, 11) is 0. The van der Waals surface area contributed by atoms with Gasteiger partial charge in [-0.05, 0) is 42.7 Å². The summed E-state index contributed by atoms with van der Waals surface area (Å²) in [4.78, 5) is 22.9. The van der Waals surface area contributed by atoms with E-state index in [1.54, 1.807) is 12.1 Å². The summed E-state index contributed by atoms with van der Waals surface area (Å²) in [6.07, 6.45) is 1.60. The van der Waals surface area contributed by atoms with Gasteiger partial charge in [0.2, 0.25) is 5.91 Å². The van der Waals surface area contributed by atoms with Gasteiger partial charge < -0.3 is 20.7 Å². The Morgan fingerprint density at radius 3 is 2.46 bits per heavy atom. The molecule has 0 radical (unpaired) electrons. The van der Waals surface area contributed by atoms with Crippen molar-refractivity contribution >= 4 is 23.3 Å². The van der Waals surface area contributed by atoms with Gasteiger partial charge in [-0.1, -0.05) is 25.1 Å². The number of rotatable bonds is 8. The number of benzene rings is 2. The van der Waals surface area contributed by atoms with Gasteiger partial charge in [-0.3, -0.25) is 4.79 Å². The van der Waals surface area contributed by atoms with E-state index < -0.39 is 0 Å². The minimum atomic E-state index is -0.231. The molecule has 0 aromatic heterocycles. The van der Waals surface area contributed by atoms with E-state index in [4.69, 9.17) is 4.74 Å². The third-order valence-electron chi connectivity index (χ3n) is 3.62. The number of hydrogen-bond donors (Lipinski definition) is 3. The monoisotopic (exact) mass is 355 g/mol. The Kier molecular flexibility index (Phi) is 7.49. The van der Waals surface area contributed by atoms with E-state index in [1.807, 2.05) is 36.4 Å². The highest BCUT2D eigenvalue weighted by Crippen LogP contribution is 2.17. The minimum absolute atomic E-state index is 0.123. The van der Waals surface area contributed by atoms with Crippen LogP contribution in [0.2, 0.25) is 0 Å². The van der Waals surface area contributed by atoms with Gasteiger partial charge >= 0.3 is 6.03 Å². The molecule has 0 atom stereocenters. The van der Waals surface area contributed by atoms with Crippen molar-refractivity contribution in [1.29, 1.82) is 0 Å². The van der Waals surface area contributed by atoms with Gasteiger partial charge in [0.15, 0.2) is 0 Å². The normalized spacial score (nSPS) is 10.1. The van der Waals surface area contributed by atoms with Gasteiger partial charge in [0, 0.05) is 30.9 Å². The number of carbonyl (C=O) groups excluding carboxylic acids is 2. The SMILES string of the molecule is CCc1cccc(NC(=O)NCCCOc2cccc(NC(C)=O)c2)c1. The fraction of sp³-hybridized carbons (Fsp3) is 0.300. The van der Waals surface area contributed by atoms with Crippen LogP contribution in [0.4, 0.5) is 16.2 Å². The van der Waals surface area contributed by atoms with E-state index in [0.29, 0.717) is 31.0 Å². The number of ether oxygens (including phenoxy) is 1. The largest absolute Gasteiger partial charge is 0.493 e. The van der Waals surface area contributed by atoms with E-state index >= 15 is 0 Å². The molecule has 26 heavy (non-hydrogen) atoms. The first-order chi connectivity index (χ1) is 12.6. The number of nitrogens with one attached hydrogen (secondary N) is 3. The van der Waals surface area contributed by atoms with E-state index in [0.717, 1.165) is 12.1 Å². The van der Waals surface area contributed by atoms with Crippen molar-refractivity contribution in [2.24, 2.45) is 0 Å². The lowest BCUT2D eigenvalue weighted by Crippen LogP contribution is -2.30. The van der Waals surface area contributed by atoms with Gasteiger partial charge in [0.1, 0.15) is 5.75 Å². The summed E-state index contributed by atoms with van der Waals surface area (Å²) >= 11 is 0. The van der Waals surface area contributed by atoms with E-state index in [1.165, 1.54) is 12.5 Å². The van der Waals surface area contributed by atoms with Gasteiger partial charge in [0.05, 0.1) is 6.61 Å². The van der Waals surface area contributed by atoms with Crippen LogP contribution in [0, 0.1) is 0 Å². The lowest BCUT2D eigenvalue weighted by molar-refractivity contribution is -0.114. The third-order valence-corrected chi connectivity index (χ3v) is 3.62. The van der Waals surface area contributed by atoms with Gasteiger partial charge in [-0.25, -0.2) is 4.79 Å². The molecule has 0 aliphatic carbocycles. The zero-order valence-electron chi connectivity index (χ0n) is 15.2. The highest BCUT2D eigenvalue weighted by molar-refractivity contribution is 5.89. The Morgan fingerprint density at radius 2 is 1.73 bits per heavy atom. The van der Waals surface area contributed by atoms with Crippen molar-refractivity contribution in [2.75, 3.05) is 23.8 Å². The van der Waals surface area contributed by atoms with Crippen molar-refractivity contribution < 1.29 is 14.3 Å². The molecule has 0 unspecified atom stereocenters. The molecule has 0 heterocycles. The van der Waals surface area contributed by atoms with Crippen LogP contribution in [0.15, 0.2) is 48.5 Å². The van der Waals surface area contributed by atoms with Gasteiger partial charge in [-0.15, -0.1) is 0 Å². The highest BCUT2D eigenvalue weighted by Gasteiger charge is 2.02. The molecule has 0 fully saturated rings. The molecular weight excluding hydrogens is 330 g/mol. The smallest absolute Gasteiger partial charge is 0.319 e. The van der Waals surface area contributed by atoms with Crippen LogP contribution < -0.4 is 20.7 Å². The Hall–Kier alpha value is -3.02. The van der Waals surface area contributed by atoms with E-state index in [2.05, 4.69) is 22.9 Å². The van der Waals surface area contributed by atoms with Crippen LogP contribution in [-0.4, -0.2) is 25.1 Å². The molecule has 6 heteroatoms. The minimum Gasteiger partial charge on any atom is -0.493 e. The van der Waals surface area contributed by atoms with Crippen molar-refractivity contribution in [3.63, 3.8) is 0 Å². The maximum Gasteiger partial charge on any atom is 0.319 e. The number of urea groups is 1. The Labute approximate surface area is 153 Å². The number of amides is 3. The van der Waals surface area contributed by atoms with E-state index in [9.17, 15) is 9.59 Å². The summed E-state index contributed by atoms with van der Waals surface area (Å²) in [5, 5.41) is 8.33. The number of carbonyl (C=O) groups is 2. The average Bonchev–Trinajstić information content (AvgIpc) is 2.61. The van der Waals surface area contributed by atoms with E-state index in [-0.39, 0.29) is 11.9 Å². The molecule has 0 aliphatic rings. The molecule has 2 aromatic rings. The fourth-order valence-corrected chi connectivity index (χ4v) is 2.38. The zero-order chi connectivity index (χ0) is 18.8. The molecule has 0 aliphatic heterocycles. The molecule has 2 aromatic carbocycles. The summed E-state index contributed by atoms with van der Waals surface area (Å²) in [6.45, 7) is 4.51. The summed E-state index contributed by atoms with van der Waals surface area (Å²) < 4.78 is 5.64. The summed E-state index contributed by atoms with van der Waals surface area (Å²) in [5.74, 6) is 0.555. The summed E-state index contributed by atoms with van der Waals surface area (Å²) in [5.41, 5.74) is 2.66. The molecule has 0 spiro atoms. The summed E-state index contributed by atoms with van der Waals surface area (Å²) in [6, 6.07) is 14.8. The van der Waals surface area contributed by atoms with Crippen LogP contribution >= 0.6 is 0 Å². The van der Waals surface area contributed by atoms with Crippen molar-refractivity contribution in [2.45, 2.75) is 26.7 Å². The molecule has 3 amide bonds. The van der Waals surface area contributed by atoms with Crippen molar-refractivity contribution in [1.82, 2.24) is 5.32 Å². The lowest BCUT2D eigenvalue weighted by atomic mass is 10.1. The van der Waals surface area contributed by atoms with Gasteiger partial charge in [0.25, 0.3) is 0 Å². The quantitative estimate of drug-likeness (QED) is 0.630. The molecule has 6 nitrogen and oxygen atoms in total. The standard InChI is InChI=1S/C20H25N3O3/c1-3-16-7-4-8-17(13-16)23-20(25)21-11-6-12-26-19-10-5-9-18(14-19)22-15(2)24/h4-5,7-10,13-14H,3,6,11-12H2,1-2H3,(H,22,24)(H2,21,23,25). The Balaban J connectivity index is 1.67. The lowest BCUT2D eigenvalue weighted by Gasteiger charge is -2.10. The molecule has 0 saturated carbocycles. The molecule has 0 saturated heterocycles. The van der Waals surface area contributed by atoms with Crippen molar-refractivity contribution in [3.05, 3.63) is 54.1 Å². The molecule has 2 rings (SSSR count). The average molecular weight is 355 g/mol. The second-order valence-electron chi connectivity index (χ2n) is 5.85. The van der Waals surface area contributed by atoms with Crippen LogP contribution in [0.3, 0.4) is 0 Å². The maximum absolute atomic E-state index is 11.9. The van der Waals surface area contributed by atoms with Crippen LogP contribution in [0.1, 0.15) is 25.8 Å². The molecule has 138 valence electrons. The topological polar surface area (TPSA) is 79.5 Å². The van der Waals surface area contributed by atoms with Crippen LogP contribution in [-0.2, 0) is 11.2 Å². The zero-order valence-corrected chi connectivity index (χ0v) is 15.2.